The van der Waals surface area contributed by atoms with Crippen molar-refractivity contribution in [2.45, 2.75) is 25.7 Å². The lowest BCUT2D eigenvalue weighted by Gasteiger charge is -2.27. The second-order valence-corrected chi connectivity index (χ2v) is 5.72. The number of hydrogen-bond acceptors (Lipinski definition) is 4. The standard InChI is InChI=1S/C14H25N3O3/c18-13(11-3-1-4-12(11)14(19)20)16-5-2-8-17-9-6-15-7-10-17/h11-12,15H,1-10H2,(H,16,18)(H,19,20). The summed E-state index contributed by atoms with van der Waals surface area (Å²) in [6.45, 7) is 5.85. The Morgan fingerprint density at radius 2 is 1.90 bits per heavy atom. The van der Waals surface area contributed by atoms with Gasteiger partial charge in [-0.15, -0.1) is 0 Å². The molecule has 0 spiro atoms. The lowest BCUT2D eigenvalue weighted by atomic mass is 9.95. The number of carbonyl (C=O) groups excluding carboxylic acids is 1. The van der Waals surface area contributed by atoms with Crippen molar-refractivity contribution in [2.24, 2.45) is 11.8 Å². The van der Waals surface area contributed by atoms with Crippen LogP contribution in [0.5, 0.6) is 0 Å². The first-order chi connectivity index (χ1) is 9.68. The van der Waals surface area contributed by atoms with Crippen LogP contribution >= 0.6 is 0 Å². The molecule has 20 heavy (non-hydrogen) atoms. The van der Waals surface area contributed by atoms with Crippen molar-refractivity contribution >= 4 is 11.9 Å². The lowest BCUT2D eigenvalue weighted by Crippen LogP contribution is -2.44. The van der Waals surface area contributed by atoms with Crippen LogP contribution in [0.3, 0.4) is 0 Å². The van der Waals surface area contributed by atoms with Crippen LogP contribution in [0.1, 0.15) is 25.7 Å². The van der Waals surface area contributed by atoms with Gasteiger partial charge in [0.2, 0.25) is 5.91 Å². The molecule has 0 aromatic rings. The molecule has 1 heterocycles. The second kappa shape index (κ2) is 7.59. The number of amides is 1. The number of rotatable bonds is 6. The summed E-state index contributed by atoms with van der Waals surface area (Å²) in [5, 5.41) is 15.3. The molecule has 2 fully saturated rings. The van der Waals surface area contributed by atoms with Crippen LogP contribution in [0.4, 0.5) is 0 Å². The van der Waals surface area contributed by atoms with E-state index in [2.05, 4.69) is 15.5 Å². The van der Waals surface area contributed by atoms with E-state index in [9.17, 15) is 9.59 Å². The third kappa shape index (κ3) is 4.18. The zero-order valence-electron chi connectivity index (χ0n) is 11.9. The Hall–Kier alpha value is -1.14. The summed E-state index contributed by atoms with van der Waals surface area (Å²) in [5.41, 5.74) is 0. The molecule has 2 rings (SSSR count). The molecule has 1 aliphatic carbocycles. The topological polar surface area (TPSA) is 81.7 Å². The van der Waals surface area contributed by atoms with Crippen molar-refractivity contribution in [3.8, 4) is 0 Å². The van der Waals surface area contributed by atoms with E-state index in [1.165, 1.54) is 0 Å². The van der Waals surface area contributed by atoms with Crippen molar-refractivity contribution in [1.29, 1.82) is 0 Å². The number of carboxylic acid groups (broad SMARTS) is 1. The van der Waals surface area contributed by atoms with Gasteiger partial charge in [-0.1, -0.05) is 6.42 Å². The van der Waals surface area contributed by atoms with Gasteiger partial charge in [-0.05, 0) is 25.8 Å². The molecule has 6 nitrogen and oxygen atoms in total. The van der Waals surface area contributed by atoms with Gasteiger partial charge < -0.3 is 20.6 Å². The summed E-state index contributed by atoms with van der Waals surface area (Å²) in [7, 11) is 0. The monoisotopic (exact) mass is 283 g/mol. The summed E-state index contributed by atoms with van der Waals surface area (Å²) in [4.78, 5) is 25.5. The Kier molecular flexibility index (Phi) is 5.79. The number of nitrogens with zero attached hydrogens (tertiary/aromatic N) is 1. The third-order valence-corrected chi connectivity index (χ3v) is 4.33. The molecule has 3 N–H and O–H groups in total. The van der Waals surface area contributed by atoms with E-state index in [0.29, 0.717) is 19.4 Å². The van der Waals surface area contributed by atoms with Gasteiger partial charge in [0, 0.05) is 32.7 Å². The zero-order chi connectivity index (χ0) is 14.4. The molecule has 1 saturated heterocycles. The van der Waals surface area contributed by atoms with E-state index in [1.54, 1.807) is 0 Å². The van der Waals surface area contributed by atoms with Gasteiger partial charge in [-0.2, -0.15) is 0 Å². The van der Waals surface area contributed by atoms with E-state index >= 15 is 0 Å². The van der Waals surface area contributed by atoms with Crippen molar-refractivity contribution in [2.75, 3.05) is 39.3 Å². The summed E-state index contributed by atoms with van der Waals surface area (Å²) >= 11 is 0. The minimum atomic E-state index is -0.830. The molecule has 2 aliphatic rings. The predicted molar refractivity (Wildman–Crippen MR) is 75.4 cm³/mol. The highest BCUT2D eigenvalue weighted by atomic mass is 16.4. The molecule has 0 aromatic carbocycles. The molecular weight excluding hydrogens is 258 g/mol. The average Bonchev–Trinajstić information content (AvgIpc) is 2.94. The molecule has 0 aromatic heterocycles. The molecule has 1 amide bonds. The molecule has 114 valence electrons. The summed E-state index contributed by atoms with van der Waals surface area (Å²) in [5.74, 6) is -1.71. The van der Waals surface area contributed by atoms with Crippen molar-refractivity contribution in [3.05, 3.63) is 0 Å². The largest absolute Gasteiger partial charge is 0.481 e. The van der Waals surface area contributed by atoms with Crippen molar-refractivity contribution in [3.63, 3.8) is 0 Å². The van der Waals surface area contributed by atoms with Gasteiger partial charge in [-0.3, -0.25) is 9.59 Å². The van der Waals surface area contributed by atoms with Gasteiger partial charge in [-0.25, -0.2) is 0 Å². The molecule has 2 atom stereocenters. The van der Waals surface area contributed by atoms with Gasteiger partial charge in [0.25, 0.3) is 0 Å². The molecule has 1 saturated carbocycles. The maximum atomic E-state index is 12.0. The van der Waals surface area contributed by atoms with Crippen molar-refractivity contribution in [1.82, 2.24) is 15.5 Å². The Morgan fingerprint density at radius 1 is 1.20 bits per heavy atom. The van der Waals surface area contributed by atoms with Crippen LogP contribution in [0.15, 0.2) is 0 Å². The Bertz CT molecular complexity index is 343. The van der Waals surface area contributed by atoms with Gasteiger partial charge in [0.1, 0.15) is 0 Å². The molecule has 1 aliphatic heterocycles. The molecule has 6 heteroatoms. The number of piperazine rings is 1. The zero-order valence-corrected chi connectivity index (χ0v) is 11.9. The van der Waals surface area contributed by atoms with Crippen LogP contribution in [-0.2, 0) is 9.59 Å². The number of carbonyl (C=O) groups is 2. The minimum Gasteiger partial charge on any atom is -0.481 e. The predicted octanol–water partition coefficient (Wildman–Crippen LogP) is -0.101. The van der Waals surface area contributed by atoms with Crippen LogP contribution in [0.25, 0.3) is 0 Å². The van der Waals surface area contributed by atoms with E-state index < -0.39 is 11.9 Å². The van der Waals surface area contributed by atoms with Crippen LogP contribution in [0.2, 0.25) is 0 Å². The molecular formula is C14H25N3O3. The Balaban J connectivity index is 1.63. The number of aliphatic carboxylic acids is 1. The average molecular weight is 283 g/mol. The SMILES string of the molecule is O=C(O)C1CCCC1C(=O)NCCCN1CCNCC1. The first kappa shape index (κ1) is 15.3. The van der Waals surface area contributed by atoms with E-state index in [1.807, 2.05) is 0 Å². The first-order valence-corrected chi connectivity index (χ1v) is 7.62. The first-order valence-electron chi connectivity index (χ1n) is 7.62. The van der Waals surface area contributed by atoms with E-state index in [-0.39, 0.29) is 11.8 Å². The third-order valence-electron chi connectivity index (χ3n) is 4.33. The Morgan fingerprint density at radius 3 is 2.60 bits per heavy atom. The summed E-state index contributed by atoms with van der Waals surface area (Å²) < 4.78 is 0. The highest BCUT2D eigenvalue weighted by molar-refractivity contribution is 5.85. The summed E-state index contributed by atoms with van der Waals surface area (Å²) in [6.07, 6.45) is 3.11. The Labute approximate surface area is 119 Å². The van der Waals surface area contributed by atoms with E-state index in [4.69, 9.17) is 5.11 Å². The number of hydrogen-bond donors (Lipinski definition) is 3. The molecule has 0 bridgehead atoms. The van der Waals surface area contributed by atoms with Crippen molar-refractivity contribution < 1.29 is 14.7 Å². The number of nitrogens with one attached hydrogen (secondary N) is 2. The van der Waals surface area contributed by atoms with Crippen LogP contribution in [-0.4, -0.2) is 61.2 Å². The lowest BCUT2D eigenvalue weighted by molar-refractivity contribution is -0.146. The van der Waals surface area contributed by atoms with E-state index in [0.717, 1.165) is 45.6 Å². The van der Waals surface area contributed by atoms with Crippen LogP contribution in [0, 0.1) is 11.8 Å². The van der Waals surface area contributed by atoms with Gasteiger partial charge >= 0.3 is 5.97 Å². The minimum absolute atomic E-state index is 0.0739. The van der Waals surface area contributed by atoms with Gasteiger partial charge in [0.15, 0.2) is 0 Å². The molecule has 2 unspecified atom stereocenters. The fourth-order valence-corrected chi connectivity index (χ4v) is 3.15. The maximum absolute atomic E-state index is 12.0. The summed E-state index contributed by atoms with van der Waals surface area (Å²) in [6, 6.07) is 0. The quantitative estimate of drug-likeness (QED) is 0.593. The fraction of sp³-hybridized carbons (Fsp3) is 0.857. The highest BCUT2D eigenvalue weighted by Crippen LogP contribution is 2.31. The van der Waals surface area contributed by atoms with Gasteiger partial charge in [0.05, 0.1) is 11.8 Å². The smallest absolute Gasteiger partial charge is 0.307 e. The fourth-order valence-electron chi connectivity index (χ4n) is 3.15. The maximum Gasteiger partial charge on any atom is 0.307 e. The highest BCUT2D eigenvalue weighted by Gasteiger charge is 2.37. The van der Waals surface area contributed by atoms with Crippen LogP contribution < -0.4 is 10.6 Å². The number of carboxylic acids is 1. The molecule has 0 radical (unpaired) electrons. The normalized spacial score (nSPS) is 27.4. The second-order valence-electron chi connectivity index (χ2n) is 5.72.